The van der Waals surface area contributed by atoms with Crippen LogP contribution in [0.1, 0.15) is 41.7 Å². The van der Waals surface area contributed by atoms with Crippen molar-refractivity contribution in [3.63, 3.8) is 0 Å². The van der Waals surface area contributed by atoms with Crippen LogP contribution in [0.15, 0.2) is 72.8 Å². The molecule has 4 heteroatoms. The third kappa shape index (κ3) is 5.40. The molecule has 1 amide bonds. The van der Waals surface area contributed by atoms with E-state index in [0.717, 1.165) is 35.1 Å². The fraction of sp³-hybridized carbons (Fsp3) is 0.241. The fourth-order valence-electron chi connectivity index (χ4n) is 4.35. The molecule has 1 aliphatic rings. The summed E-state index contributed by atoms with van der Waals surface area (Å²) in [5.74, 6) is -0.279. The number of rotatable bonds is 8. The average Bonchev–Trinajstić information content (AvgIpc) is 3.19. The second kappa shape index (κ2) is 10.3. The molecular formula is C29H29NO3. The van der Waals surface area contributed by atoms with Crippen LogP contribution in [0.4, 0.5) is 0 Å². The van der Waals surface area contributed by atoms with E-state index in [4.69, 9.17) is 4.74 Å². The number of nitrogens with one attached hydrogen (secondary N) is 1. The summed E-state index contributed by atoms with van der Waals surface area (Å²) in [4.78, 5) is 24.2. The SMILES string of the molecule is CCOC(=O)C=C(C)c1ccc(CCNC(=O)Cc2cccc3c2Cc2ccccc2-3)cc1. The van der Waals surface area contributed by atoms with E-state index in [-0.39, 0.29) is 11.9 Å². The zero-order valence-corrected chi connectivity index (χ0v) is 19.2. The molecule has 0 saturated carbocycles. The molecule has 0 aromatic heterocycles. The van der Waals surface area contributed by atoms with E-state index in [2.05, 4.69) is 41.7 Å². The first kappa shape index (κ1) is 22.5. The van der Waals surface area contributed by atoms with Gasteiger partial charge < -0.3 is 10.1 Å². The lowest BCUT2D eigenvalue weighted by molar-refractivity contribution is -0.137. The topological polar surface area (TPSA) is 55.4 Å². The van der Waals surface area contributed by atoms with Crippen molar-refractivity contribution in [3.05, 3.63) is 101 Å². The van der Waals surface area contributed by atoms with E-state index < -0.39 is 0 Å². The van der Waals surface area contributed by atoms with Gasteiger partial charge in [0.2, 0.25) is 5.91 Å². The van der Waals surface area contributed by atoms with Gasteiger partial charge in [0.25, 0.3) is 0 Å². The number of fused-ring (bicyclic) bond motifs is 3. The van der Waals surface area contributed by atoms with Crippen LogP contribution in [0.25, 0.3) is 16.7 Å². The molecule has 3 aromatic rings. The Morgan fingerprint density at radius 3 is 2.52 bits per heavy atom. The van der Waals surface area contributed by atoms with Crippen LogP contribution in [-0.4, -0.2) is 25.0 Å². The first-order valence-electron chi connectivity index (χ1n) is 11.4. The highest BCUT2D eigenvalue weighted by molar-refractivity contribution is 5.90. The standard InChI is InChI=1S/C29H29NO3/c1-3-33-29(32)17-20(2)22-13-11-21(12-14-22)15-16-30-28(31)19-24-8-6-10-26-25-9-5-4-7-23(25)18-27(24)26/h4-14,17H,3,15-16,18-19H2,1-2H3,(H,30,31). The van der Waals surface area contributed by atoms with Crippen LogP contribution in [0.5, 0.6) is 0 Å². The quantitative estimate of drug-likeness (QED) is 0.306. The third-order valence-electron chi connectivity index (χ3n) is 6.06. The normalized spacial score (nSPS) is 12.1. The minimum atomic E-state index is -0.324. The van der Waals surface area contributed by atoms with Gasteiger partial charge in [0.05, 0.1) is 13.0 Å². The van der Waals surface area contributed by atoms with Crippen LogP contribution in [-0.2, 0) is 33.6 Å². The van der Waals surface area contributed by atoms with Crippen LogP contribution in [0.2, 0.25) is 0 Å². The van der Waals surface area contributed by atoms with Gasteiger partial charge in [-0.05, 0) is 71.2 Å². The van der Waals surface area contributed by atoms with E-state index in [1.807, 2.05) is 37.3 Å². The van der Waals surface area contributed by atoms with E-state index in [1.54, 1.807) is 6.92 Å². The van der Waals surface area contributed by atoms with Crippen molar-refractivity contribution in [1.82, 2.24) is 5.32 Å². The van der Waals surface area contributed by atoms with Gasteiger partial charge in [0.1, 0.15) is 0 Å². The number of amides is 1. The summed E-state index contributed by atoms with van der Waals surface area (Å²) in [7, 11) is 0. The van der Waals surface area contributed by atoms with Gasteiger partial charge in [-0.2, -0.15) is 0 Å². The molecule has 168 valence electrons. The number of carbonyl (C=O) groups excluding carboxylic acids is 2. The Balaban J connectivity index is 1.30. The lowest BCUT2D eigenvalue weighted by Crippen LogP contribution is -2.27. The van der Waals surface area contributed by atoms with Gasteiger partial charge in [0, 0.05) is 12.6 Å². The molecule has 0 bridgehead atoms. The Labute approximate surface area is 195 Å². The van der Waals surface area contributed by atoms with Crippen molar-refractivity contribution >= 4 is 17.4 Å². The Bertz CT molecular complexity index is 1190. The van der Waals surface area contributed by atoms with E-state index in [9.17, 15) is 9.59 Å². The lowest BCUT2D eigenvalue weighted by atomic mass is 9.99. The van der Waals surface area contributed by atoms with Crippen molar-refractivity contribution in [3.8, 4) is 11.1 Å². The van der Waals surface area contributed by atoms with Crippen molar-refractivity contribution in [2.24, 2.45) is 0 Å². The number of hydrogen-bond donors (Lipinski definition) is 1. The first-order chi connectivity index (χ1) is 16.0. The molecule has 0 unspecified atom stereocenters. The lowest BCUT2D eigenvalue weighted by Gasteiger charge is -2.10. The van der Waals surface area contributed by atoms with E-state index in [1.165, 1.54) is 28.3 Å². The Morgan fingerprint density at radius 1 is 0.970 bits per heavy atom. The van der Waals surface area contributed by atoms with Crippen LogP contribution in [0.3, 0.4) is 0 Å². The summed E-state index contributed by atoms with van der Waals surface area (Å²) < 4.78 is 4.96. The van der Waals surface area contributed by atoms with Gasteiger partial charge in [0.15, 0.2) is 0 Å². The number of allylic oxidation sites excluding steroid dienone is 1. The number of hydrogen-bond acceptors (Lipinski definition) is 3. The molecule has 3 aromatic carbocycles. The third-order valence-corrected chi connectivity index (χ3v) is 6.06. The molecule has 1 aliphatic carbocycles. The second-order valence-corrected chi connectivity index (χ2v) is 8.33. The van der Waals surface area contributed by atoms with Gasteiger partial charge in [-0.15, -0.1) is 0 Å². The zero-order chi connectivity index (χ0) is 23.2. The highest BCUT2D eigenvalue weighted by atomic mass is 16.5. The molecule has 33 heavy (non-hydrogen) atoms. The van der Waals surface area contributed by atoms with Gasteiger partial charge in [-0.1, -0.05) is 66.7 Å². The molecule has 0 heterocycles. The van der Waals surface area contributed by atoms with Crippen molar-refractivity contribution in [1.29, 1.82) is 0 Å². The monoisotopic (exact) mass is 439 g/mol. The smallest absolute Gasteiger partial charge is 0.331 e. The van der Waals surface area contributed by atoms with Gasteiger partial charge in [-0.25, -0.2) is 4.79 Å². The molecule has 0 spiro atoms. The molecule has 0 radical (unpaired) electrons. The molecule has 0 saturated heterocycles. The Kier molecular flexibility index (Phi) is 7.04. The number of benzene rings is 3. The zero-order valence-electron chi connectivity index (χ0n) is 19.2. The largest absolute Gasteiger partial charge is 0.463 e. The molecule has 0 fully saturated rings. The maximum Gasteiger partial charge on any atom is 0.331 e. The molecule has 4 rings (SSSR count). The van der Waals surface area contributed by atoms with Crippen molar-refractivity contribution < 1.29 is 14.3 Å². The molecule has 1 N–H and O–H groups in total. The summed E-state index contributed by atoms with van der Waals surface area (Å²) in [6.45, 7) is 4.64. The minimum absolute atomic E-state index is 0.0455. The average molecular weight is 440 g/mol. The van der Waals surface area contributed by atoms with Crippen LogP contribution in [0, 0.1) is 0 Å². The van der Waals surface area contributed by atoms with Gasteiger partial charge in [-0.3, -0.25) is 4.79 Å². The predicted octanol–water partition coefficient (Wildman–Crippen LogP) is 5.13. The molecule has 4 nitrogen and oxygen atoms in total. The number of esters is 1. The Morgan fingerprint density at radius 2 is 1.73 bits per heavy atom. The highest BCUT2D eigenvalue weighted by Crippen LogP contribution is 2.38. The fourth-order valence-corrected chi connectivity index (χ4v) is 4.35. The van der Waals surface area contributed by atoms with Crippen LogP contribution < -0.4 is 5.32 Å². The van der Waals surface area contributed by atoms with Crippen molar-refractivity contribution in [2.45, 2.75) is 33.1 Å². The number of ether oxygens (including phenoxy) is 1. The summed E-state index contributed by atoms with van der Waals surface area (Å²) in [6, 6.07) is 22.8. The summed E-state index contributed by atoms with van der Waals surface area (Å²) in [5, 5.41) is 3.06. The summed E-state index contributed by atoms with van der Waals surface area (Å²) in [5.41, 5.74) is 9.23. The first-order valence-corrected chi connectivity index (χ1v) is 11.4. The van der Waals surface area contributed by atoms with E-state index >= 15 is 0 Å². The van der Waals surface area contributed by atoms with Gasteiger partial charge >= 0.3 is 5.97 Å². The summed E-state index contributed by atoms with van der Waals surface area (Å²) >= 11 is 0. The molecular weight excluding hydrogens is 410 g/mol. The highest BCUT2D eigenvalue weighted by Gasteiger charge is 2.21. The molecule has 0 aliphatic heterocycles. The maximum absolute atomic E-state index is 12.6. The number of carbonyl (C=O) groups is 2. The second-order valence-electron chi connectivity index (χ2n) is 8.33. The van der Waals surface area contributed by atoms with E-state index in [0.29, 0.717) is 19.6 Å². The summed E-state index contributed by atoms with van der Waals surface area (Å²) in [6.07, 6.45) is 3.56. The minimum Gasteiger partial charge on any atom is -0.463 e. The van der Waals surface area contributed by atoms with Crippen LogP contribution >= 0.6 is 0 Å². The predicted molar refractivity (Wildman–Crippen MR) is 132 cm³/mol. The maximum atomic E-state index is 12.6. The Hall–Kier alpha value is -3.66. The molecule has 0 atom stereocenters. The van der Waals surface area contributed by atoms with Crippen molar-refractivity contribution in [2.75, 3.05) is 13.2 Å².